The van der Waals surface area contributed by atoms with E-state index in [-0.39, 0.29) is 30.3 Å². The number of carbonyl (C=O) groups is 2. The van der Waals surface area contributed by atoms with Gasteiger partial charge < -0.3 is 15.7 Å². The number of amides is 2. The topological polar surface area (TPSA) is 86.9 Å². The maximum atomic E-state index is 13.0. The second kappa shape index (κ2) is 9.88. The van der Waals surface area contributed by atoms with Crippen molar-refractivity contribution >= 4 is 11.8 Å². The molecule has 0 spiro atoms. The van der Waals surface area contributed by atoms with Crippen molar-refractivity contribution < 1.29 is 14.7 Å². The van der Waals surface area contributed by atoms with Gasteiger partial charge in [-0.2, -0.15) is 0 Å². The minimum absolute atomic E-state index is 0.0691. The Kier molecular flexibility index (Phi) is 8.55. The van der Waals surface area contributed by atoms with Crippen LogP contribution in [0.4, 0.5) is 0 Å². The molecule has 0 aromatic heterocycles. The molecule has 3 N–H and O–H groups in total. The van der Waals surface area contributed by atoms with Crippen molar-refractivity contribution in [1.29, 1.82) is 0 Å². The number of primary amides is 1. The Morgan fingerprint density at radius 2 is 1.74 bits per heavy atom. The number of aliphatic hydroxyl groups excluding tert-OH is 1. The second-order valence-corrected chi connectivity index (χ2v) is 6.92. The lowest BCUT2D eigenvalue weighted by atomic mass is 9.81. The third-order valence-corrected chi connectivity index (χ3v) is 4.59. The van der Waals surface area contributed by atoms with Crippen molar-refractivity contribution in [2.45, 2.75) is 40.0 Å². The van der Waals surface area contributed by atoms with Gasteiger partial charge in [-0.1, -0.05) is 27.2 Å². The Morgan fingerprint density at radius 3 is 2.17 bits per heavy atom. The van der Waals surface area contributed by atoms with Gasteiger partial charge in [0.2, 0.25) is 11.8 Å². The largest absolute Gasteiger partial charge is 0.395 e. The summed E-state index contributed by atoms with van der Waals surface area (Å²) in [6.45, 7) is 9.82. The fraction of sp³-hybridized carbons (Fsp3) is 0.882. The van der Waals surface area contributed by atoms with Crippen LogP contribution in [0.5, 0.6) is 0 Å². The fourth-order valence-corrected chi connectivity index (χ4v) is 3.37. The third kappa shape index (κ3) is 6.11. The molecule has 2 amide bonds. The van der Waals surface area contributed by atoms with E-state index in [9.17, 15) is 9.59 Å². The maximum Gasteiger partial charge on any atom is 0.226 e. The molecule has 6 heteroatoms. The number of piperazine rings is 1. The first-order valence-corrected chi connectivity index (χ1v) is 8.82. The molecule has 1 heterocycles. The number of nitrogens with zero attached hydrogens (tertiary/aromatic N) is 2. The molecule has 0 aliphatic carbocycles. The van der Waals surface area contributed by atoms with Crippen molar-refractivity contribution in [1.82, 2.24) is 9.80 Å². The van der Waals surface area contributed by atoms with Crippen LogP contribution in [-0.4, -0.2) is 66.1 Å². The summed E-state index contributed by atoms with van der Waals surface area (Å²) in [6, 6.07) is 0. The zero-order valence-corrected chi connectivity index (χ0v) is 14.8. The summed E-state index contributed by atoms with van der Waals surface area (Å²) in [5.74, 6) is -0.620. The quantitative estimate of drug-likeness (QED) is 0.652. The standard InChI is InChI=1S/C17H33N3O3/c1-4-5-14(16(18)22)15(12-13(2)3)17(23)20-8-6-19(7-9-20)10-11-21/h13-15,21H,4-12H2,1-3H3,(H2,18,22)/t14-,15+/m0/s1. The highest BCUT2D eigenvalue weighted by molar-refractivity contribution is 5.87. The van der Waals surface area contributed by atoms with Gasteiger partial charge in [0.05, 0.1) is 6.61 Å². The number of hydrogen-bond acceptors (Lipinski definition) is 4. The highest BCUT2D eigenvalue weighted by Crippen LogP contribution is 2.27. The summed E-state index contributed by atoms with van der Waals surface area (Å²) < 4.78 is 0. The molecule has 2 atom stereocenters. The van der Waals surface area contributed by atoms with Crippen LogP contribution in [0.15, 0.2) is 0 Å². The molecule has 1 aliphatic heterocycles. The smallest absolute Gasteiger partial charge is 0.226 e. The normalized spacial score (nSPS) is 18.9. The molecule has 1 rings (SSSR count). The lowest BCUT2D eigenvalue weighted by molar-refractivity contribution is -0.143. The van der Waals surface area contributed by atoms with Crippen LogP contribution >= 0.6 is 0 Å². The van der Waals surface area contributed by atoms with Crippen molar-refractivity contribution in [2.75, 3.05) is 39.3 Å². The third-order valence-electron chi connectivity index (χ3n) is 4.59. The molecule has 134 valence electrons. The van der Waals surface area contributed by atoms with Gasteiger partial charge in [-0.15, -0.1) is 0 Å². The van der Waals surface area contributed by atoms with Crippen LogP contribution in [0, 0.1) is 17.8 Å². The van der Waals surface area contributed by atoms with E-state index in [1.165, 1.54) is 0 Å². The molecular weight excluding hydrogens is 294 g/mol. The van der Waals surface area contributed by atoms with E-state index in [4.69, 9.17) is 10.8 Å². The Hall–Kier alpha value is -1.14. The molecule has 23 heavy (non-hydrogen) atoms. The Balaban J connectivity index is 2.77. The van der Waals surface area contributed by atoms with Crippen LogP contribution in [0.25, 0.3) is 0 Å². The zero-order valence-electron chi connectivity index (χ0n) is 14.8. The van der Waals surface area contributed by atoms with Gasteiger partial charge in [0.1, 0.15) is 0 Å². The van der Waals surface area contributed by atoms with E-state index in [0.717, 1.165) is 19.5 Å². The molecule has 1 aliphatic rings. The molecule has 0 unspecified atom stereocenters. The predicted molar refractivity (Wildman–Crippen MR) is 90.6 cm³/mol. The Bertz CT molecular complexity index is 379. The molecule has 1 fully saturated rings. The molecule has 0 aromatic carbocycles. The summed E-state index contributed by atoms with van der Waals surface area (Å²) in [6.07, 6.45) is 2.21. The number of hydrogen-bond donors (Lipinski definition) is 2. The zero-order chi connectivity index (χ0) is 17.4. The van der Waals surface area contributed by atoms with Crippen molar-refractivity contribution in [3.05, 3.63) is 0 Å². The van der Waals surface area contributed by atoms with Gasteiger partial charge in [-0.3, -0.25) is 14.5 Å². The molecule has 0 aromatic rings. The molecule has 1 saturated heterocycles. The Morgan fingerprint density at radius 1 is 1.13 bits per heavy atom. The van der Waals surface area contributed by atoms with Gasteiger partial charge in [0.15, 0.2) is 0 Å². The van der Waals surface area contributed by atoms with E-state index in [1.807, 2.05) is 11.8 Å². The second-order valence-electron chi connectivity index (χ2n) is 6.92. The van der Waals surface area contributed by atoms with Crippen LogP contribution in [0.1, 0.15) is 40.0 Å². The minimum Gasteiger partial charge on any atom is -0.395 e. The van der Waals surface area contributed by atoms with Crippen molar-refractivity contribution in [3.8, 4) is 0 Å². The summed E-state index contributed by atoms with van der Waals surface area (Å²) in [7, 11) is 0. The maximum absolute atomic E-state index is 13.0. The number of carbonyl (C=O) groups excluding carboxylic acids is 2. The van der Waals surface area contributed by atoms with Crippen molar-refractivity contribution in [2.24, 2.45) is 23.5 Å². The minimum atomic E-state index is -0.370. The van der Waals surface area contributed by atoms with E-state index in [2.05, 4.69) is 18.7 Å². The van der Waals surface area contributed by atoms with E-state index >= 15 is 0 Å². The highest BCUT2D eigenvalue weighted by atomic mass is 16.3. The number of aliphatic hydroxyl groups is 1. The number of rotatable bonds is 9. The van der Waals surface area contributed by atoms with Gasteiger partial charge in [0.25, 0.3) is 0 Å². The molecule has 0 radical (unpaired) electrons. The van der Waals surface area contributed by atoms with Gasteiger partial charge in [-0.25, -0.2) is 0 Å². The SMILES string of the molecule is CCC[C@H](C(N)=O)[C@@H](CC(C)C)C(=O)N1CCN(CCO)CC1. The molecule has 0 bridgehead atoms. The summed E-state index contributed by atoms with van der Waals surface area (Å²) >= 11 is 0. The average Bonchev–Trinajstić information content (AvgIpc) is 2.50. The van der Waals surface area contributed by atoms with E-state index in [1.54, 1.807) is 0 Å². The van der Waals surface area contributed by atoms with Crippen LogP contribution < -0.4 is 5.73 Å². The lowest BCUT2D eigenvalue weighted by Crippen LogP contribution is -2.52. The van der Waals surface area contributed by atoms with Crippen LogP contribution in [-0.2, 0) is 9.59 Å². The van der Waals surface area contributed by atoms with Gasteiger partial charge >= 0.3 is 0 Å². The van der Waals surface area contributed by atoms with Crippen molar-refractivity contribution in [3.63, 3.8) is 0 Å². The van der Waals surface area contributed by atoms with E-state index in [0.29, 0.717) is 38.4 Å². The summed E-state index contributed by atoms with van der Waals surface area (Å²) in [5.41, 5.74) is 5.58. The Labute approximate surface area is 140 Å². The first-order chi connectivity index (χ1) is 10.9. The number of nitrogens with two attached hydrogens (primary N) is 1. The molecular formula is C17H33N3O3. The van der Waals surface area contributed by atoms with Gasteiger partial charge in [-0.05, 0) is 18.8 Å². The molecule has 6 nitrogen and oxygen atoms in total. The fourth-order valence-electron chi connectivity index (χ4n) is 3.37. The van der Waals surface area contributed by atoms with Crippen LogP contribution in [0.3, 0.4) is 0 Å². The monoisotopic (exact) mass is 327 g/mol. The highest BCUT2D eigenvalue weighted by Gasteiger charge is 2.35. The predicted octanol–water partition coefficient (Wildman–Crippen LogP) is 0.687. The van der Waals surface area contributed by atoms with E-state index < -0.39 is 0 Å². The molecule has 0 saturated carbocycles. The number of β-amino-alcohol motifs (C(OH)–C–C–N with tert-alkyl or cyclic N) is 1. The lowest BCUT2D eigenvalue weighted by Gasteiger charge is -2.37. The first-order valence-electron chi connectivity index (χ1n) is 8.82. The summed E-state index contributed by atoms with van der Waals surface area (Å²) in [4.78, 5) is 28.8. The average molecular weight is 327 g/mol. The van der Waals surface area contributed by atoms with Gasteiger partial charge in [0, 0.05) is 44.6 Å². The first kappa shape index (κ1) is 19.9. The van der Waals surface area contributed by atoms with Crippen LogP contribution in [0.2, 0.25) is 0 Å². The summed E-state index contributed by atoms with van der Waals surface area (Å²) in [5, 5.41) is 9.00.